The van der Waals surface area contributed by atoms with Crippen LogP contribution in [0.5, 0.6) is 0 Å². The number of benzene rings is 6. The van der Waals surface area contributed by atoms with Crippen molar-refractivity contribution in [3.63, 3.8) is 0 Å². The Morgan fingerprint density at radius 3 is 1.05 bits per heavy atom. The predicted molar refractivity (Wildman–Crippen MR) is 168 cm³/mol. The van der Waals surface area contributed by atoms with E-state index >= 15 is 0 Å². The van der Waals surface area contributed by atoms with Crippen molar-refractivity contribution in [3.05, 3.63) is 179 Å². The van der Waals surface area contributed by atoms with Crippen LogP contribution in [-0.4, -0.2) is 11.6 Å². The number of carbonyl (C=O) groups excluding carboxylic acids is 2. The number of ketones is 2. The highest BCUT2D eigenvalue weighted by atomic mass is 16.1. The van der Waals surface area contributed by atoms with E-state index < -0.39 is 11.8 Å². The number of hydrogen-bond donors (Lipinski definition) is 0. The molecule has 0 saturated heterocycles. The fourth-order valence-corrected chi connectivity index (χ4v) is 7.07. The van der Waals surface area contributed by atoms with Crippen LogP contribution in [0.15, 0.2) is 146 Å². The molecule has 0 fully saturated rings. The van der Waals surface area contributed by atoms with Gasteiger partial charge in [-0.25, -0.2) is 0 Å². The van der Waals surface area contributed by atoms with Crippen LogP contribution in [-0.2, 0) is 0 Å². The molecule has 2 nitrogen and oxygen atoms in total. The average Bonchev–Trinajstić information content (AvgIpc) is 3.58. The molecular formula is C40H26O2. The molecule has 0 amide bonds. The molecule has 6 aromatic rings. The number of Topliss-reactive ketones (excluding diaryl/α,β-unsaturated/α-hetero) is 2. The third kappa shape index (κ3) is 3.59. The van der Waals surface area contributed by atoms with Crippen LogP contribution in [0.3, 0.4) is 0 Å². The van der Waals surface area contributed by atoms with Crippen LogP contribution in [0.2, 0.25) is 0 Å². The van der Waals surface area contributed by atoms with Gasteiger partial charge in [0.05, 0.1) is 11.8 Å². The van der Waals surface area contributed by atoms with Crippen molar-refractivity contribution in [2.45, 2.75) is 11.8 Å². The van der Waals surface area contributed by atoms with Crippen LogP contribution >= 0.6 is 0 Å². The summed E-state index contributed by atoms with van der Waals surface area (Å²) >= 11 is 0. The Labute approximate surface area is 244 Å². The first-order chi connectivity index (χ1) is 20.7. The van der Waals surface area contributed by atoms with Gasteiger partial charge in [0, 0.05) is 11.1 Å². The van der Waals surface area contributed by atoms with Gasteiger partial charge in [0.25, 0.3) is 0 Å². The molecule has 42 heavy (non-hydrogen) atoms. The molecule has 198 valence electrons. The van der Waals surface area contributed by atoms with Gasteiger partial charge in [0.2, 0.25) is 0 Å². The van der Waals surface area contributed by atoms with E-state index in [1.54, 1.807) is 0 Å². The van der Waals surface area contributed by atoms with Crippen molar-refractivity contribution >= 4 is 11.6 Å². The zero-order chi connectivity index (χ0) is 28.2. The summed E-state index contributed by atoms with van der Waals surface area (Å²) in [6, 6.07) is 48.3. The minimum Gasteiger partial charge on any atom is -0.293 e. The van der Waals surface area contributed by atoms with E-state index in [2.05, 4.69) is 60.7 Å². The van der Waals surface area contributed by atoms with Crippen molar-refractivity contribution in [2.75, 3.05) is 0 Å². The van der Waals surface area contributed by atoms with Crippen LogP contribution in [0.4, 0.5) is 0 Å². The number of carbonyl (C=O) groups is 2. The van der Waals surface area contributed by atoms with E-state index in [1.165, 1.54) is 0 Å². The van der Waals surface area contributed by atoms with Gasteiger partial charge in [-0.3, -0.25) is 9.59 Å². The van der Waals surface area contributed by atoms with Gasteiger partial charge in [0.15, 0.2) is 11.6 Å². The largest absolute Gasteiger partial charge is 0.293 e. The van der Waals surface area contributed by atoms with Crippen molar-refractivity contribution in [3.8, 4) is 33.4 Å². The van der Waals surface area contributed by atoms with Crippen LogP contribution in [0, 0.1) is 0 Å². The van der Waals surface area contributed by atoms with E-state index in [4.69, 9.17) is 0 Å². The summed E-state index contributed by atoms with van der Waals surface area (Å²) in [4.78, 5) is 28.5. The SMILES string of the molecule is O=C(c1ccccc1)C1c2ccccc2-c2cccc(-c3cccc4c3C(C(=O)c3ccccc3)c3ccccc3-4)c21. The monoisotopic (exact) mass is 538 g/mol. The van der Waals surface area contributed by atoms with Crippen LogP contribution in [0.25, 0.3) is 33.4 Å². The number of fused-ring (bicyclic) bond motifs is 6. The first kappa shape index (κ1) is 24.5. The first-order valence-corrected chi connectivity index (χ1v) is 14.4. The summed E-state index contributed by atoms with van der Waals surface area (Å²) in [5.41, 5.74) is 11.8. The van der Waals surface area contributed by atoms with E-state index in [0.29, 0.717) is 11.1 Å². The fourth-order valence-electron chi connectivity index (χ4n) is 7.07. The summed E-state index contributed by atoms with van der Waals surface area (Å²) in [6.07, 6.45) is 0. The molecule has 0 aromatic heterocycles. The van der Waals surface area contributed by atoms with Gasteiger partial charge >= 0.3 is 0 Å². The Hall–Kier alpha value is -5.34. The second kappa shape index (κ2) is 9.64. The Bertz CT molecular complexity index is 1870. The van der Waals surface area contributed by atoms with Crippen LogP contribution in [0.1, 0.15) is 54.8 Å². The van der Waals surface area contributed by atoms with E-state index in [1.807, 2.05) is 84.9 Å². The van der Waals surface area contributed by atoms with E-state index in [-0.39, 0.29) is 11.6 Å². The van der Waals surface area contributed by atoms with Gasteiger partial charge in [-0.1, -0.05) is 146 Å². The highest BCUT2D eigenvalue weighted by Gasteiger charge is 2.40. The Morgan fingerprint density at radius 1 is 0.333 bits per heavy atom. The third-order valence-corrected chi connectivity index (χ3v) is 8.84. The minimum absolute atomic E-state index is 0.0852. The standard InChI is InChI=1S/C40H26O2/c41-39(25-13-3-1-4-14-25)37-31-19-9-7-17-27(31)29-21-11-23-33(35(29)37)34-24-12-22-30-28-18-8-10-20-32(28)38(36(30)34)40(42)26-15-5-2-6-16-26/h1-24,37-38H. The smallest absolute Gasteiger partial charge is 0.174 e. The van der Waals surface area contributed by atoms with Gasteiger partial charge in [-0.05, 0) is 55.6 Å². The van der Waals surface area contributed by atoms with Gasteiger partial charge < -0.3 is 0 Å². The molecule has 0 heterocycles. The first-order valence-electron chi connectivity index (χ1n) is 14.4. The topological polar surface area (TPSA) is 34.1 Å². The molecule has 0 N–H and O–H groups in total. The molecule has 0 aliphatic heterocycles. The Kier molecular flexibility index (Phi) is 5.61. The highest BCUT2D eigenvalue weighted by Crippen LogP contribution is 2.54. The second-order valence-electron chi connectivity index (χ2n) is 11.0. The van der Waals surface area contributed by atoms with Crippen molar-refractivity contribution in [2.24, 2.45) is 0 Å². The zero-order valence-electron chi connectivity index (χ0n) is 22.8. The Balaban J connectivity index is 1.38. The summed E-state index contributed by atoms with van der Waals surface area (Å²) in [5.74, 6) is -0.695. The highest BCUT2D eigenvalue weighted by molar-refractivity contribution is 6.11. The molecule has 2 aliphatic carbocycles. The molecule has 2 heteroatoms. The van der Waals surface area contributed by atoms with Crippen molar-refractivity contribution in [1.29, 1.82) is 0 Å². The molecule has 2 aliphatic rings. The summed E-state index contributed by atoms with van der Waals surface area (Å²) in [7, 11) is 0. The summed E-state index contributed by atoms with van der Waals surface area (Å²) in [5, 5.41) is 0. The molecule has 2 unspecified atom stereocenters. The quantitative estimate of drug-likeness (QED) is 0.205. The fraction of sp³-hybridized carbons (Fsp3) is 0.0500. The lowest BCUT2D eigenvalue weighted by Crippen LogP contribution is -2.15. The maximum Gasteiger partial charge on any atom is 0.174 e. The molecule has 0 saturated carbocycles. The lowest BCUT2D eigenvalue weighted by Gasteiger charge is -2.21. The van der Waals surface area contributed by atoms with Crippen molar-refractivity contribution in [1.82, 2.24) is 0 Å². The minimum atomic E-state index is -0.433. The van der Waals surface area contributed by atoms with E-state index in [9.17, 15) is 9.59 Å². The molecule has 0 bridgehead atoms. The maximum atomic E-state index is 14.3. The molecule has 0 radical (unpaired) electrons. The number of hydrogen-bond acceptors (Lipinski definition) is 2. The summed E-state index contributed by atoms with van der Waals surface area (Å²) in [6.45, 7) is 0. The Morgan fingerprint density at radius 2 is 0.643 bits per heavy atom. The van der Waals surface area contributed by atoms with Gasteiger partial charge in [0.1, 0.15) is 0 Å². The number of rotatable bonds is 5. The summed E-state index contributed by atoms with van der Waals surface area (Å²) < 4.78 is 0. The van der Waals surface area contributed by atoms with Crippen molar-refractivity contribution < 1.29 is 9.59 Å². The molecular weight excluding hydrogens is 512 g/mol. The second-order valence-corrected chi connectivity index (χ2v) is 11.0. The molecule has 0 spiro atoms. The third-order valence-electron chi connectivity index (χ3n) is 8.84. The average molecular weight is 539 g/mol. The van der Waals surface area contributed by atoms with Gasteiger partial charge in [-0.2, -0.15) is 0 Å². The van der Waals surface area contributed by atoms with Crippen LogP contribution < -0.4 is 0 Å². The molecule has 8 rings (SSSR count). The normalized spacial score (nSPS) is 15.8. The molecule has 2 atom stereocenters. The van der Waals surface area contributed by atoms with E-state index in [0.717, 1.165) is 55.6 Å². The molecule has 6 aromatic carbocycles. The van der Waals surface area contributed by atoms with Gasteiger partial charge in [-0.15, -0.1) is 0 Å². The maximum absolute atomic E-state index is 14.3. The zero-order valence-corrected chi connectivity index (χ0v) is 22.8. The lowest BCUT2D eigenvalue weighted by atomic mass is 9.80. The predicted octanol–water partition coefficient (Wildman–Crippen LogP) is 9.34. The lowest BCUT2D eigenvalue weighted by molar-refractivity contribution is 0.0967.